The van der Waals surface area contributed by atoms with Crippen LogP contribution in [0, 0.1) is 17.3 Å². The van der Waals surface area contributed by atoms with Crippen molar-refractivity contribution >= 4 is 17.9 Å². The van der Waals surface area contributed by atoms with Crippen molar-refractivity contribution in [2.75, 3.05) is 6.79 Å². The second-order valence-corrected chi connectivity index (χ2v) is 7.54. The zero-order valence-electron chi connectivity index (χ0n) is 16.1. The van der Waals surface area contributed by atoms with Gasteiger partial charge in [-0.05, 0) is 38.7 Å². The Hall–Kier alpha value is -2.37. The molecule has 0 spiro atoms. The van der Waals surface area contributed by atoms with Crippen LogP contribution in [0.2, 0.25) is 0 Å². The Balaban J connectivity index is 2.59. The lowest BCUT2D eigenvalue weighted by Crippen LogP contribution is -2.31. The van der Waals surface area contributed by atoms with E-state index in [1.165, 1.54) is 0 Å². The number of carbonyl (C=O) groups excluding carboxylic acids is 3. The molecule has 0 N–H and O–H groups in total. The van der Waals surface area contributed by atoms with E-state index in [-0.39, 0.29) is 12.5 Å². The Morgan fingerprint density at radius 3 is 2.04 bits per heavy atom. The third-order valence-electron chi connectivity index (χ3n) is 3.50. The van der Waals surface area contributed by atoms with E-state index in [0.717, 1.165) is 5.56 Å². The molecule has 0 saturated carbocycles. The summed E-state index contributed by atoms with van der Waals surface area (Å²) >= 11 is 0. The van der Waals surface area contributed by atoms with Crippen LogP contribution in [0.3, 0.4) is 0 Å². The summed E-state index contributed by atoms with van der Waals surface area (Å²) in [6.07, 6.45) is 0.291. The number of hydrogen-bond donors (Lipinski definition) is 0. The van der Waals surface area contributed by atoms with Crippen LogP contribution >= 0.6 is 0 Å². The Kier molecular flexibility index (Phi) is 8.29. The molecular weight excluding hydrogens is 336 g/mol. The molecule has 1 atom stereocenters. The monoisotopic (exact) mass is 364 g/mol. The molecule has 0 saturated heterocycles. The van der Waals surface area contributed by atoms with Gasteiger partial charge in [-0.2, -0.15) is 0 Å². The van der Waals surface area contributed by atoms with Crippen molar-refractivity contribution in [3.8, 4) is 0 Å². The van der Waals surface area contributed by atoms with E-state index in [4.69, 9.17) is 14.2 Å². The highest BCUT2D eigenvalue weighted by Gasteiger charge is 2.31. The minimum absolute atomic E-state index is 0.0839. The van der Waals surface area contributed by atoms with Crippen molar-refractivity contribution in [2.24, 2.45) is 17.3 Å². The summed E-state index contributed by atoms with van der Waals surface area (Å²) in [5.74, 6) is -2.84. The van der Waals surface area contributed by atoms with Gasteiger partial charge in [-0.3, -0.25) is 14.4 Å². The third kappa shape index (κ3) is 7.68. The second-order valence-electron chi connectivity index (χ2n) is 7.54. The molecule has 6 heteroatoms. The first-order chi connectivity index (χ1) is 12.1. The summed E-state index contributed by atoms with van der Waals surface area (Å²) in [6.45, 7) is 8.43. The Labute approximate surface area is 154 Å². The van der Waals surface area contributed by atoms with E-state index in [1.54, 1.807) is 20.8 Å². The number of esters is 3. The first kappa shape index (κ1) is 21.7. The number of rotatable bonds is 8. The normalized spacial score (nSPS) is 12.4. The maximum absolute atomic E-state index is 12.3. The first-order valence-electron chi connectivity index (χ1n) is 8.65. The second kappa shape index (κ2) is 9.94. The molecule has 1 aromatic rings. The van der Waals surface area contributed by atoms with E-state index >= 15 is 0 Å². The van der Waals surface area contributed by atoms with Gasteiger partial charge in [0.25, 0.3) is 0 Å². The summed E-state index contributed by atoms with van der Waals surface area (Å²) in [4.78, 5) is 36.2. The van der Waals surface area contributed by atoms with Crippen LogP contribution < -0.4 is 0 Å². The number of hydrogen-bond acceptors (Lipinski definition) is 6. The van der Waals surface area contributed by atoms with Crippen molar-refractivity contribution in [3.63, 3.8) is 0 Å². The molecule has 0 aliphatic carbocycles. The van der Waals surface area contributed by atoms with Gasteiger partial charge in [0.2, 0.25) is 6.79 Å². The van der Waals surface area contributed by atoms with Crippen molar-refractivity contribution < 1.29 is 28.6 Å². The molecule has 1 unspecified atom stereocenters. The van der Waals surface area contributed by atoms with Crippen molar-refractivity contribution in [1.82, 2.24) is 0 Å². The maximum atomic E-state index is 12.3. The van der Waals surface area contributed by atoms with Gasteiger partial charge in [0.1, 0.15) is 6.61 Å². The van der Waals surface area contributed by atoms with Crippen LogP contribution in [0.15, 0.2) is 30.3 Å². The maximum Gasteiger partial charge on any atom is 0.323 e. The molecule has 0 radical (unpaired) electrons. The third-order valence-corrected chi connectivity index (χ3v) is 3.50. The Bertz CT molecular complexity index is 600. The lowest BCUT2D eigenvalue weighted by atomic mass is 9.97. The fraction of sp³-hybridized carbons (Fsp3) is 0.550. The fourth-order valence-electron chi connectivity index (χ4n) is 2.05. The molecule has 0 heterocycles. The van der Waals surface area contributed by atoms with Gasteiger partial charge in [-0.25, -0.2) is 0 Å². The predicted octanol–water partition coefficient (Wildman–Crippen LogP) is 3.48. The van der Waals surface area contributed by atoms with Crippen molar-refractivity contribution in [3.05, 3.63) is 35.9 Å². The molecule has 144 valence electrons. The fourth-order valence-corrected chi connectivity index (χ4v) is 2.05. The van der Waals surface area contributed by atoms with Gasteiger partial charge in [0.05, 0.1) is 5.41 Å². The molecule has 26 heavy (non-hydrogen) atoms. The van der Waals surface area contributed by atoms with Crippen molar-refractivity contribution in [1.29, 1.82) is 0 Å². The van der Waals surface area contributed by atoms with Gasteiger partial charge in [0.15, 0.2) is 5.92 Å². The highest BCUT2D eigenvalue weighted by molar-refractivity contribution is 5.94. The number of carbonyl (C=O) groups is 3. The average Bonchev–Trinajstić information content (AvgIpc) is 2.57. The van der Waals surface area contributed by atoms with Crippen LogP contribution in [0.25, 0.3) is 0 Å². The lowest BCUT2D eigenvalue weighted by molar-refractivity contribution is -0.179. The van der Waals surface area contributed by atoms with E-state index in [9.17, 15) is 14.4 Å². The minimum atomic E-state index is -1.05. The molecular formula is C20H28O6. The van der Waals surface area contributed by atoms with E-state index < -0.39 is 36.0 Å². The van der Waals surface area contributed by atoms with Gasteiger partial charge < -0.3 is 14.2 Å². The largest absolute Gasteiger partial charge is 0.460 e. The van der Waals surface area contributed by atoms with E-state index in [0.29, 0.717) is 6.42 Å². The summed E-state index contributed by atoms with van der Waals surface area (Å²) in [5, 5.41) is 0. The zero-order valence-corrected chi connectivity index (χ0v) is 16.1. The van der Waals surface area contributed by atoms with E-state index in [1.807, 2.05) is 44.2 Å². The molecule has 0 bridgehead atoms. The molecule has 0 aliphatic heterocycles. The van der Waals surface area contributed by atoms with Gasteiger partial charge in [0, 0.05) is 0 Å². The van der Waals surface area contributed by atoms with Crippen LogP contribution in [0.5, 0.6) is 0 Å². The highest BCUT2D eigenvalue weighted by atomic mass is 16.7. The smallest absolute Gasteiger partial charge is 0.323 e. The lowest BCUT2D eigenvalue weighted by Gasteiger charge is -2.19. The summed E-state index contributed by atoms with van der Waals surface area (Å²) in [7, 11) is 0. The molecule has 1 aromatic carbocycles. The number of benzene rings is 1. The standard InChI is InChI=1S/C20H28O6/c1-14(2)11-16(17(21)24-12-15-9-7-6-8-10-15)18(22)25-13-26-19(23)20(3,4)5/h6-10,14,16H,11-13H2,1-5H3. The molecule has 6 nitrogen and oxygen atoms in total. The molecule has 0 amide bonds. The number of ether oxygens (including phenoxy) is 3. The summed E-state index contributed by atoms with van der Waals surface area (Å²) in [6, 6.07) is 9.20. The van der Waals surface area contributed by atoms with Crippen LogP contribution in [0.4, 0.5) is 0 Å². The molecule has 0 fully saturated rings. The van der Waals surface area contributed by atoms with Crippen LogP contribution in [0.1, 0.15) is 46.6 Å². The summed E-state index contributed by atoms with van der Waals surface area (Å²) in [5.41, 5.74) is 0.134. The molecule has 0 aromatic heterocycles. The molecule has 1 rings (SSSR count). The minimum Gasteiger partial charge on any atom is -0.460 e. The quantitative estimate of drug-likeness (QED) is 0.399. The first-order valence-corrected chi connectivity index (χ1v) is 8.65. The highest BCUT2D eigenvalue weighted by Crippen LogP contribution is 2.18. The summed E-state index contributed by atoms with van der Waals surface area (Å²) < 4.78 is 15.1. The van der Waals surface area contributed by atoms with Gasteiger partial charge in [-0.15, -0.1) is 0 Å². The van der Waals surface area contributed by atoms with Gasteiger partial charge >= 0.3 is 17.9 Å². The van der Waals surface area contributed by atoms with Gasteiger partial charge in [-0.1, -0.05) is 44.2 Å². The Morgan fingerprint density at radius 1 is 0.923 bits per heavy atom. The predicted molar refractivity (Wildman–Crippen MR) is 95.7 cm³/mol. The van der Waals surface area contributed by atoms with E-state index in [2.05, 4.69) is 0 Å². The zero-order chi connectivity index (χ0) is 19.7. The topological polar surface area (TPSA) is 78.9 Å². The van der Waals surface area contributed by atoms with Crippen molar-refractivity contribution in [2.45, 2.75) is 47.6 Å². The van der Waals surface area contributed by atoms with Crippen LogP contribution in [-0.4, -0.2) is 24.7 Å². The van der Waals surface area contributed by atoms with Crippen LogP contribution in [-0.2, 0) is 35.2 Å². The Morgan fingerprint density at radius 2 is 1.50 bits per heavy atom. The average molecular weight is 364 g/mol. The SMILES string of the molecule is CC(C)CC(C(=O)OCOC(=O)C(C)(C)C)C(=O)OCc1ccccc1. The molecule has 0 aliphatic rings.